The van der Waals surface area contributed by atoms with Crippen molar-refractivity contribution in [3.05, 3.63) is 45.9 Å². The van der Waals surface area contributed by atoms with E-state index in [2.05, 4.69) is 0 Å². The van der Waals surface area contributed by atoms with Crippen LogP contribution >= 0.6 is 11.8 Å². The molecule has 0 atom stereocenters. The minimum atomic E-state index is -0.444. The molecule has 0 saturated heterocycles. The van der Waals surface area contributed by atoms with Gasteiger partial charge in [0.25, 0.3) is 5.56 Å². The van der Waals surface area contributed by atoms with Crippen molar-refractivity contribution >= 4 is 23.2 Å². The smallest absolute Gasteiger partial charge is 0.341 e. The lowest BCUT2D eigenvalue weighted by Gasteiger charge is -2.21. The zero-order valence-corrected chi connectivity index (χ0v) is 15.7. The first-order valence-corrected chi connectivity index (χ1v) is 10.2. The van der Waals surface area contributed by atoms with Gasteiger partial charge >= 0.3 is 5.97 Å². The lowest BCUT2D eigenvalue weighted by Crippen LogP contribution is -2.25. The molecule has 3 rings (SSSR count). The first kappa shape index (κ1) is 18.5. The van der Waals surface area contributed by atoms with Crippen molar-refractivity contribution in [3.8, 4) is 6.07 Å². The molecule has 0 amide bonds. The van der Waals surface area contributed by atoms with Crippen LogP contribution in [0.1, 0.15) is 60.9 Å². The third kappa shape index (κ3) is 3.63. The Morgan fingerprint density at radius 1 is 1.23 bits per heavy atom. The fraction of sp³-hybridized carbons (Fsp3) is 0.450. The highest BCUT2D eigenvalue weighted by molar-refractivity contribution is 7.98. The molecule has 2 heterocycles. The Kier molecular flexibility index (Phi) is 6.00. The van der Waals surface area contributed by atoms with E-state index < -0.39 is 11.5 Å². The van der Waals surface area contributed by atoms with Gasteiger partial charge < -0.3 is 4.74 Å². The zero-order chi connectivity index (χ0) is 18.5. The SMILES string of the molecule is CSc1c(C#N)c(=O)n2ccccc2c1C(=O)OC1CCCCCCC1. The summed E-state index contributed by atoms with van der Waals surface area (Å²) in [4.78, 5) is 26.0. The van der Waals surface area contributed by atoms with Gasteiger partial charge in [0.15, 0.2) is 0 Å². The molecule has 1 saturated carbocycles. The van der Waals surface area contributed by atoms with E-state index in [9.17, 15) is 14.9 Å². The lowest BCUT2D eigenvalue weighted by molar-refractivity contribution is 0.0237. The lowest BCUT2D eigenvalue weighted by atomic mass is 9.98. The van der Waals surface area contributed by atoms with E-state index in [-0.39, 0.29) is 11.7 Å². The summed E-state index contributed by atoms with van der Waals surface area (Å²) in [5, 5.41) is 9.46. The van der Waals surface area contributed by atoms with Crippen LogP contribution in [0, 0.1) is 11.3 Å². The Morgan fingerprint density at radius 2 is 1.92 bits per heavy atom. The number of esters is 1. The van der Waals surface area contributed by atoms with E-state index in [1.807, 2.05) is 6.07 Å². The predicted octanol–water partition coefficient (Wildman–Crippen LogP) is 4.16. The summed E-state index contributed by atoms with van der Waals surface area (Å²) in [6.45, 7) is 0. The molecule has 26 heavy (non-hydrogen) atoms. The number of pyridine rings is 2. The Morgan fingerprint density at radius 3 is 2.58 bits per heavy atom. The second-order valence-electron chi connectivity index (χ2n) is 6.53. The number of fused-ring (bicyclic) bond motifs is 1. The van der Waals surface area contributed by atoms with Gasteiger partial charge in [0.1, 0.15) is 17.7 Å². The maximum absolute atomic E-state index is 13.0. The summed E-state index contributed by atoms with van der Waals surface area (Å²) >= 11 is 1.24. The predicted molar refractivity (Wildman–Crippen MR) is 102 cm³/mol. The first-order chi connectivity index (χ1) is 12.7. The van der Waals surface area contributed by atoms with Crippen molar-refractivity contribution in [1.29, 1.82) is 5.26 Å². The highest BCUT2D eigenvalue weighted by Crippen LogP contribution is 2.28. The third-order valence-corrected chi connectivity index (χ3v) is 5.67. The molecule has 0 bridgehead atoms. The van der Waals surface area contributed by atoms with Crippen molar-refractivity contribution in [2.45, 2.75) is 55.9 Å². The molecule has 0 aromatic carbocycles. The number of thioether (sulfide) groups is 1. The molecular formula is C20H22N2O3S. The molecule has 0 aliphatic heterocycles. The number of carbonyl (C=O) groups is 1. The molecule has 0 radical (unpaired) electrons. The van der Waals surface area contributed by atoms with Crippen molar-refractivity contribution < 1.29 is 9.53 Å². The fourth-order valence-corrected chi connectivity index (χ4v) is 4.26. The van der Waals surface area contributed by atoms with Gasteiger partial charge in [-0.25, -0.2) is 4.79 Å². The summed E-state index contributed by atoms with van der Waals surface area (Å²) in [5.41, 5.74) is 0.383. The average molecular weight is 370 g/mol. The average Bonchev–Trinajstić information content (AvgIpc) is 2.63. The largest absolute Gasteiger partial charge is 0.459 e. The molecule has 0 unspecified atom stereocenters. The number of hydrogen-bond donors (Lipinski definition) is 0. The molecule has 1 aliphatic rings. The first-order valence-electron chi connectivity index (χ1n) is 8.99. The van der Waals surface area contributed by atoms with Crippen LogP contribution in [-0.2, 0) is 4.74 Å². The number of carbonyl (C=O) groups excluding carboxylic acids is 1. The standard InChI is InChI=1S/C20H22N2O3S/c1-26-18-15(13-21)19(23)22-12-8-7-11-16(22)17(18)20(24)25-14-9-5-3-2-4-6-10-14/h7-8,11-12,14H,2-6,9-10H2,1H3. The van der Waals surface area contributed by atoms with Crippen LogP contribution in [0.3, 0.4) is 0 Å². The number of hydrogen-bond acceptors (Lipinski definition) is 5. The number of aromatic nitrogens is 1. The Balaban J connectivity index is 2.05. The van der Waals surface area contributed by atoms with E-state index in [1.54, 1.807) is 30.7 Å². The Labute approximate surface area is 157 Å². The summed E-state index contributed by atoms with van der Waals surface area (Å²) in [6.07, 6.45) is 10.7. The molecular weight excluding hydrogens is 348 g/mol. The molecule has 5 nitrogen and oxygen atoms in total. The topological polar surface area (TPSA) is 71.6 Å². The Hall–Kier alpha value is -2.26. The third-order valence-electron chi connectivity index (χ3n) is 4.85. The molecule has 6 heteroatoms. The summed E-state index contributed by atoms with van der Waals surface area (Å²) in [7, 11) is 0. The number of ether oxygens (including phenoxy) is 1. The highest BCUT2D eigenvalue weighted by atomic mass is 32.2. The van der Waals surface area contributed by atoms with Crippen LogP contribution in [0.5, 0.6) is 0 Å². The summed E-state index contributed by atoms with van der Waals surface area (Å²) < 4.78 is 7.18. The van der Waals surface area contributed by atoms with Crippen molar-refractivity contribution in [3.63, 3.8) is 0 Å². The second-order valence-corrected chi connectivity index (χ2v) is 7.35. The minimum Gasteiger partial charge on any atom is -0.459 e. The van der Waals surface area contributed by atoms with E-state index in [0.717, 1.165) is 25.7 Å². The van der Waals surface area contributed by atoms with Gasteiger partial charge in [-0.3, -0.25) is 9.20 Å². The molecule has 0 N–H and O–H groups in total. The molecule has 2 aromatic rings. The highest BCUT2D eigenvalue weighted by Gasteiger charge is 2.25. The van der Waals surface area contributed by atoms with Crippen LogP contribution in [0.15, 0.2) is 34.1 Å². The van der Waals surface area contributed by atoms with E-state index >= 15 is 0 Å². The van der Waals surface area contributed by atoms with E-state index in [4.69, 9.17) is 4.74 Å². The van der Waals surface area contributed by atoms with Crippen LogP contribution < -0.4 is 5.56 Å². The maximum atomic E-state index is 13.0. The maximum Gasteiger partial charge on any atom is 0.341 e. The zero-order valence-electron chi connectivity index (χ0n) is 14.9. The van der Waals surface area contributed by atoms with Crippen molar-refractivity contribution in [1.82, 2.24) is 4.40 Å². The number of rotatable bonds is 3. The monoisotopic (exact) mass is 370 g/mol. The molecule has 136 valence electrons. The van der Waals surface area contributed by atoms with E-state index in [1.165, 1.54) is 35.4 Å². The fourth-order valence-electron chi connectivity index (χ4n) is 3.53. The molecule has 2 aromatic heterocycles. The van der Waals surface area contributed by atoms with E-state index in [0.29, 0.717) is 16.0 Å². The van der Waals surface area contributed by atoms with Gasteiger partial charge in [0.05, 0.1) is 11.1 Å². The van der Waals surface area contributed by atoms with Crippen LogP contribution in [0.25, 0.3) is 5.52 Å². The van der Waals surface area contributed by atoms with Crippen molar-refractivity contribution in [2.75, 3.05) is 6.26 Å². The minimum absolute atomic E-state index is 0.00850. The van der Waals surface area contributed by atoms with Gasteiger partial charge in [-0.15, -0.1) is 11.8 Å². The van der Waals surface area contributed by atoms with Gasteiger partial charge in [-0.05, 0) is 44.1 Å². The van der Waals surface area contributed by atoms with Crippen LogP contribution in [0.4, 0.5) is 0 Å². The van der Waals surface area contributed by atoms with Crippen LogP contribution in [-0.4, -0.2) is 22.7 Å². The summed E-state index contributed by atoms with van der Waals surface area (Å²) in [6, 6.07) is 7.16. The normalized spacial score (nSPS) is 15.8. The Bertz CT molecular complexity index is 906. The van der Waals surface area contributed by atoms with Gasteiger partial charge in [0, 0.05) is 11.1 Å². The summed E-state index contributed by atoms with van der Waals surface area (Å²) in [5.74, 6) is -0.444. The van der Waals surface area contributed by atoms with Crippen molar-refractivity contribution in [2.24, 2.45) is 0 Å². The molecule has 1 fully saturated rings. The quantitative estimate of drug-likeness (QED) is 0.599. The second kappa shape index (κ2) is 8.41. The van der Waals surface area contributed by atoms with Gasteiger partial charge in [-0.1, -0.05) is 25.3 Å². The number of nitrogens with zero attached hydrogens (tertiary/aromatic N) is 2. The molecule has 1 aliphatic carbocycles. The van der Waals surface area contributed by atoms with Gasteiger partial charge in [0.2, 0.25) is 0 Å². The molecule has 0 spiro atoms. The van der Waals surface area contributed by atoms with Crippen LogP contribution in [0.2, 0.25) is 0 Å². The number of nitriles is 1. The van der Waals surface area contributed by atoms with Gasteiger partial charge in [-0.2, -0.15) is 5.26 Å².